The van der Waals surface area contributed by atoms with Gasteiger partial charge in [-0.2, -0.15) is 0 Å². The van der Waals surface area contributed by atoms with Crippen LogP contribution in [0, 0.1) is 0 Å². The van der Waals surface area contributed by atoms with Crippen LogP contribution in [0.25, 0.3) is 0 Å². The molecule has 0 saturated carbocycles. The summed E-state index contributed by atoms with van der Waals surface area (Å²) in [6, 6.07) is 0. The molecule has 0 aliphatic heterocycles. The van der Waals surface area contributed by atoms with Gasteiger partial charge in [0.2, 0.25) is 5.91 Å². The van der Waals surface area contributed by atoms with Crippen LogP contribution in [-0.4, -0.2) is 11.4 Å². The van der Waals surface area contributed by atoms with Crippen LogP contribution in [0.15, 0.2) is 12.2 Å². The van der Waals surface area contributed by atoms with Gasteiger partial charge in [0.1, 0.15) is 0 Å². The van der Waals surface area contributed by atoms with E-state index in [1.807, 2.05) is 20.8 Å². The Bertz CT molecular complexity index is 213. The molecule has 15 heavy (non-hydrogen) atoms. The Morgan fingerprint density at radius 2 is 1.80 bits per heavy atom. The quantitative estimate of drug-likeness (QED) is 0.529. The summed E-state index contributed by atoms with van der Waals surface area (Å²) in [5.74, 6) is -0.000927. The average Bonchev–Trinajstić information content (AvgIpc) is 2.09. The molecular weight excluding hydrogens is 186 g/mol. The number of hydrogen-bond acceptors (Lipinski definition) is 1. The Balaban J connectivity index is 3.76. The molecule has 1 N–H and O–H groups in total. The second-order valence-corrected chi connectivity index (χ2v) is 5.12. The maximum atomic E-state index is 11.6. The van der Waals surface area contributed by atoms with E-state index in [0.29, 0.717) is 5.57 Å². The summed E-state index contributed by atoms with van der Waals surface area (Å²) >= 11 is 0. The zero-order chi connectivity index (χ0) is 11.9. The number of hydrogen-bond donors (Lipinski definition) is 1. The van der Waals surface area contributed by atoms with Crippen molar-refractivity contribution in [1.82, 2.24) is 5.32 Å². The summed E-state index contributed by atoms with van der Waals surface area (Å²) in [6.45, 7) is 12.0. The lowest BCUT2D eigenvalue weighted by atomic mass is 10.0. The lowest BCUT2D eigenvalue weighted by Gasteiger charge is -2.21. The number of carbonyl (C=O) groups is 1. The third kappa shape index (κ3) is 8.22. The molecule has 0 aromatic heterocycles. The summed E-state index contributed by atoms with van der Waals surface area (Å²) in [5, 5.41) is 2.92. The van der Waals surface area contributed by atoms with Gasteiger partial charge in [-0.05, 0) is 33.6 Å². The number of nitrogens with one attached hydrogen (secondary N) is 1. The predicted octanol–water partition coefficient (Wildman–Crippen LogP) is 3.43. The minimum Gasteiger partial charge on any atom is -0.348 e. The first-order valence-electron chi connectivity index (χ1n) is 5.87. The van der Waals surface area contributed by atoms with Crippen LogP contribution in [0.3, 0.4) is 0 Å². The minimum absolute atomic E-state index is 0.000927. The molecule has 0 aliphatic rings. The first-order valence-corrected chi connectivity index (χ1v) is 5.87. The third-order valence-electron chi connectivity index (χ3n) is 2.14. The van der Waals surface area contributed by atoms with E-state index in [1.54, 1.807) is 0 Å². The standard InChI is InChI=1S/C13H25NO/c1-6-7-8-9-10-11(2)12(15)14-13(3,4)5/h2,6-10H2,1,3-5H3,(H,14,15). The Labute approximate surface area is 94.1 Å². The summed E-state index contributed by atoms with van der Waals surface area (Å²) < 4.78 is 0. The van der Waals surface area contributed by atoms with E-state index in [2.05, 4.69) is 18.8 Å². The maximum Gasteiger partial charge on any atom is 0.246 e. The maximum absolute atomic E-state index is 11.6. The van der Waals surface area contributed by atoms with E-state index < -0.39 is 0 Å². The molecule has 1 amide bonds. The lowest BCUT2D eigenvalue weighted by molar-refractivity contribution is -0.118. The highest BCUT2D eigenvalue weighted by Gasteiger charge is 2.15. The van der Waals surface area contributed by atoms with E-state index in [4.69, 9.17) is 0 Å². The van der Waals surface area contributed by atoms with Crippen molar-refractivity contribution in [3.05, 3.63) is 12.2 Å². The highest BCUT2D eigenvalue weighted by Crippen LogP contribution is 2.10. The second kappa shape index (κ2) is 6.65. The molecule has 2 heteroatoms. The van der Waals surface area contributed by atoms with Crippen LogP contribution in [-0.2, 0) is 4.79 Å². The van der Waals surface area contributed by atoms with Gasteiger partial charge in [-0.15, -0.1) is 0 Å². The molecule has 2 nitrogen and oxygen atoms in total. The van der Waals surface area contributed by atoms with Crippen molar-refractivity contribution < 1.29 is 4.79 Å². The number of unbranched alkanes of at least 4 members (excludes halogenated alkanes) is 3. The number of rotatable bonds is 6. The summed E-state index contributed by atoms with van der Waals surface area (Å²) in [4.78, 5) is 11.6. The van der Waals surface area contributed by atoms with Crippen LogP contribution >= 0.6 is 0 Å². The van der Waals surface area contributed by atoms with Crippen molar-refractivity contribution in [3.8, 4) is 0 Å². The summed E-state index contributed by atoms with van der Waals surface area (Å²) in [5.41, 5.74) is 0.546. The van der Waals surface area contributed by atoms with Gasteiger partial charge in [-0.3, -0.25) is 4.79 Å². The minimum atomic E-state index is -0.163. The first-order chi connectivity index (χ1) is 6.87. The topological polar surface area (TPSA) is 29.1 Å². The molecule has 88 valence electrons. The molecule has 0 radical (unpaired) electrons. The molecular formula is C13H25NO. The predicted molar refractivity (Wildman–Crippen MR) is 65.8 cm³/mol. The molecule has 0 fully saturated rings. The molecule has 0 aromatic rings. The second-order valence-electron chi connectivity index (χ2n) is 5.12. The Hall–Kier alpha value is -0.790. The van der Waals surface area contributed by atoms with Crippen LogP contribution in [0.1, 0.15) is 59.8 Å². The fourth-order valence-electron chi connectivity index (χ4n) is 1.31. The largest absolute Gasteiger partial charge is 0.348 e. The Kier molecular flexibility index (Phi) is 6.30. The van der Waals surface area contributed by atoms with Crippen molar-refractivity contribution in [1.29, 1.82) is 0 Å². The Morgan fingerprint density at radius 1 is 1.20 bits per heavy atom. The van der Waals surface area contributed by atoms with E-state index in [9.17, 15) is 4.79 Å². The zero-order valence-electron chi connectivity index (χ0n) is 10.7. The smallest absolute Gasteiger partial charge is 0.246 e. The van der Waals surface area contributed by atoms with Gasteiger partial charge < -0.3 is 5.32 Å². The molecule has 0 rings (SSSR count). The fourth-order valence-corrected chi connectivity index (χ4v) is 1.31. The first kappa shape index (κ1) is 14.2. The molecule has 0 saturated heterocycles. The highest BCUT2D eigenvalue weighted by atomic mass is 16.1. The SMILES string of the molecule is C=C(CCCCCC)C(=O)NC(C)(C)C. The molecule has 0 aliphatic carbocycles. The van der Waals surface area contributed by atoms with Gasteiger partial charge in [-0.1, -0.05) is 32.8 Å². The van der Waals surface area contributed by atoms with Gasteiger partial charge in [0.05, 0.1) is 0 Å². The van der Waals surface area contributed by atoms with Crippen LogP contribution in [0.4, 0.5) is 0 Å². The monoisotopic (exact) mass is 211 g/mol. The van der Waals surface area contributed by atoms with Gasteiger partial charge in [0.25, 0.3) is 0 Å². The van der Waals surface area contributed by atoms with E-state index in [0.717, 1.165) is 12.8 Å². The zero-order valence-corrected chi connectivity index (χ0v) is 10.7. The van der Waals surface area contributed by atoms with E-state index >= 15 is 0 Å². The van der Waals surface area contributed by atoms with Gasteiger partial charge in [0.15, 0.2) is 0 Å². The molecule has 0 spiro atoms. The van der Waals surface area contributed by atoms with Crippen LogP contribution in [0.5, 0.6) is 0 Å². The summed E-state index contributed by atoms with van der Waals surface area (Å²) in [7, 11) is 0. The molecule has 0 aromatic carbocycles. The van der Waals surface area contributed by atoms with Crippen LogP contribution in [0.2, 0.25) is 0 Å². The highest BCUT2D eigenvalue weighted by molar-refractivity contribution is 5.93. The molecule has 0 unspecified atom stereocenters. The van der Waals surface area contributed by atoms with E-state index in [-0.39, 0.29) is 11.4 Å². The molecule has 0 bridgehead atoms. The van der Waals surface area contributed by atoms with Crippen molar-refractivity contribution >= 4 is 5.91 Å². The molecule has 0 heterocycles. The average molecular weight is 211 g/mol. The lowest BCUT2D eigenvalue weighted by Crippen LogP contribution is -2.41. The van der Waals surface area contributed by atoms with Crippen molar-refractivity contribution in [2.75, 3.05) is 0 Å². The van der Waals surface area contributed by atoms with Crippen molar-refractivity contribution in [3.63, 3.8) is 0 Å². The molecule has 0 atom stereocenters. The number of carbonyl (C=O) groups excluding carboxylic acids is 1. The van der Waals surface area contributed by atoms with Crippen molar-refractivity contribution in [2.24, 2.45) is 0 Å². The van der Waals surface area contributed by atoms with Crippen molar-refractivity contribution in [2.45, 2.75) is 65.3 Å². The third-order valence-corrected chi connectivity index (χ3v) is 2.14. The normalized spacial score (nSPS) is 11.2. The Morgan fingerprint density at radius 3 is 2.27 bits per heavy atom. The van der Waals surface area contributed by atoms with Gasteiger partial charge >= 0.3 is 0 Å². The number of amides is 1. The van der Waals surface area contributed by atoms with E-state index in [1.165, 1.54) is 19.3 Å². The van der Waals surface area contributed by atoms with Gasteiger partial charge in [0, 0.05) is 11.1 Å². The fraction of sp³-hybridized carbons (Fsp3) is 0.769. The van der Waals surface area contributed by atoms with Crippen LogP contribution < -0.4 is 5.32 Å². The summed E-state index contributed by atoms with van der Waals surface area (Å²) in [6.07, 6.45) is 5.55. The van der Waals surface area contributed by atoms with Gasteiger partial charge in [-0.25, -0.2) is 0 Å².